The zero-order valence-electron chi connectivity index (χ0n) is 22.6. The van der Waals surface area contributed by atoms with Gasteiger partial charge in [0.1, 0.15) is 5.69 Å². The van der Waals surface area contributed by atoms with Crippen LogP contribution in [-0.4, -0.2) is 73.2 Å². The molecule has 39 heavy (non-hydrogen) atoms. The van der Waals surface area contributed by atoms with E-state index >= 15 is 0 Å². The molecule has 1 amide bonds. The quantitative estimate of drug-likeness (QED) is 0.446. The van der Waals surface area contributed by atoms with Gasteiger partial charge in [0.2, 0.25) is 10.0 Å². The van der Waals surface area contributed by atoms with Crippen molar-refractivity contribution < 1.29 is 18.0 Å². The predicted octanol–water partition coefficient (Wildman–Crippen LogP) is 3.45. The first-order chi connectivity index (χ1) is 18.6. The number of piperidine rings is 1. The van der Waals surface area contributed by atoms with Gasteiger partial charge in [-0.15, -0.1) is 0 Å². The van der Waals surface area contributed by atoms with Crippen LogP contribution in [0.25, 0.3) is 11.3 Å². The summed E-state index contributed by atoms with van der Waals surface area (Å²) in [6.45, 7) is 6.16. The molecule has 0 aliphatic carbocycles. The van der Waals surface area contributed by atoms with E-state index in [0.717, 1.165) is 38.0 Å². The summed E-state index contributed by atoms with van der Waals surface area (Å²) in [7, 11) is -1.99. The zero-order valence-corrected chi connectivity index (χ0v) is 23.4. The maximum absolute atomic E-state index is 13.4. The van der Waals surface area contributed by atoms with Gasteiger partial charge in [0, 0.05) is 38.4 Å². The van der Waals surface area contributed by atoms with E-state index in [2.05, 4.69) is 27.3 Å². The normalized spacial score (nSPS) is 17.6. The summed E-state index contributed by atoms with van der Waals surface area (Å²) < 4.78 is 28.4. The maximum atomic E-state index is 13.4. The number of Topliss-reactive ketones (excluding diaryl/α,β-unsaturated/α-hetero) is 1. The summed E-state index contributed by atoms with van der Waals surface area (Å²) in [5.74, 6) is -0.237. The second-order valence-corrected chi connectivity index (χ2v) is 12.4. The summed E-state index contributed by atoms with van der Waals surface area (Å²) in [5, 5.41) is 2.79. The van der Waals surface area contributed by atoms with E-state index in [0.29, 0.717) is 17.1 Å². The van der Waals surface area contributed by atoms with E-state index in [9.17, 15) is 18.0 Å². The fraction of sp³-hybridized carbons (Fsp3) is 0.379. The number of nitrogens with zero attached hydrogens (tertiary/aromatic N) is 3. The number of benzene rings is 2. The monoisotopic (exact) mass is 549 g/mol. The molecule has 2 aliphatic rings. The van der Waals surface area contributed by atoms with E-state index in [1.807, 2.05) is 29.2 Å². The van der Waals surface area contributed by atoms with Crippen LogP contribution in [0.2, 0.25) is 0 Å². The van der Waals surface area contributed by atoms with Crippen molar-refractivity contribution in [2.75, 3.05) is 31.7 Å². The van der Waals surface area contributed by atoms with Crippen LogP contribution in [-0.2, 0) is 21.4 Å². The number of hydrogen-bond acceptors (Lipinski definition) is 6. The number of hydrogen-bond donors (Lipinski definition) is 2. The number of sulfonamides is 1. The average molecular weight is 550 g/mol. The highest BCUT2D eigenvalue weighted by Gasteiger charge is 2.32. The van der Waals surface area contributed by atoms with Crippen LogP contribution in [0.5, 0.6) is 0 Å². The lowest BCUT2D eigenvalue weighted by atomic mass is 10.0. The van der Waals surface area contributed by atoms with Gasteiger partial charge in [-0.3, -0.25) is 14.5 Å². The predicted molar refractivity (Wildman–Crippen MR) is 151 cm³/mol. The van der Waals surface area contributed by atoms with Crippen molar-refractivity contribution in [3.8, 4) is 11.3 Å². The molecule has 0 bridgehead atoms. The Balaban J connectivity index is 1.27. The number of aromatic amines is 1. The summed E-state index contributed by atoms with van der Waals surface area (Å²) in [6.07, 6.45) is 1.57. The molecule has 206 valence electrons. The molecule has 9 nitrogen and oxygen atoms in total. The van der Waals surface area contributed by atoms with Crippen LogP contribution in [0, 0.1) is 0 Å². The lowest BCUT2D eigenvalue weighted by Gasteiger charge is -2.36. The van der Waals surface area contributed by atoms with Crippen molar-refractivity contribution in [3.05, 3.63) is 71.9 Å². The van der Waals surface area contributed by atoms with Gasteiger partial charge in [-0.1, -0.05) is 42.5 Å². The Labute approximate surface area is 229 Å². The number of amides is 1. The largest absolute Gasteiger partial charge is 0.349 e. The number of ketones is 1. The Hall–Kier alpha value is -3.47. The third-order valence-electron chi connectivity index (χ3n) is 7.96. The highest BCUT2D eigenvalue weighted by molar-refractivity contribution is 7.89. The van der Waals surface area contributed by atoms with Crippen LogP contribution >= 0.6 is 0 Å². The summed E-state index contributed by atoms with van der Waals surface area (Å²) in [4.78, 5) is 32.0. The fourth-order valence-electron chi connectivity index (χ4n) is 5.35. The topological polar surface area (TPSA) is 106 Å². The van der Waals surface area contributed by atoms with E-state index in [-0.39, 0.29) is 35.3 Å². The van der Waals surface area contributed by atoms with Crippen molar-refractivity contribution in [3.63, 3.8) is 0 Å². The van der Waals surface area contributed by atoms with Crippen LogP contribution < -0.4 is 10.2 Å². The van der Waals surface area contributed by atoms with Crippen LogP contribution in [0.1, 0.15) is 42.7 Å². The lowest BCUT2D eigenvalue weighted by molar-refractivity contribution is -0.118. The minimum absolute atomic E-state index is 0.000367. The number of fused-ring (bicyclic) bond motifs is 1. The smallest absolute Gasteiger partial charge is 0.271 e. The molecule has 1 unspecified atom stereocenters. The number of H-pyrrole nitrogens is 1. The molecular weight excluding hydrogens is 514 g/mol. The van der Waals surface area contributed by atoms with Gasteiger partial charge in [-0.25, -0.2) is 8.42 Å². The molecule has 0 spiro atoms. The first-order valence-electron chi connectivity index (χ1n) is 13.3. The minimum atomic E-state index is -3.66. The summed E-state index contributed by atoms with van der Waals surface area (Å²) >= 11 is 0. The third-order valence-corrected chi connectivity index (χ3v) is 9.89. The number of likely N-dealkylation sites (tertiary alicyclic amines) is 1. The first-order valence-corrected chi connectivity index (χ1v) is 14.7. The lowest BCUT2D eigenvalue weighted by Crippen LogP contribution is -2.49. The van der Waals surface area contributed by atoms with Crippen LogP contribution in [0.15, 0.2) is 65.6 Å². The Kier molecular flexibility index (Phi) is 7.61. The van der Waals surface area contributed by atoms with Gasteiger partial charge in [0.15, 0.2) is 5.78 Å². The standard InChI is InChI=1S/C29H35N5O4S/c1-20(21(2)35)34-19-30-29(36)28-27(34)17-26(31-28)23-9-11-25(12-10-23)39(37,38)32(3)24-13-15-33(16-14-24)18-22-7-5-4-6-8-22/h4-12,17,20,24,31H,13-16,18-19H2,1-3H3,(H,30,36). The van der Waals surface area contributed by atoms with E-state index in [4.69, 9.17) is 0 Å². The van der Waals surface area contributed by atoms with Crippen LogP contribution in [0.4, 0.5) is 5.69 Å². The SMILES string of the molecule is CC(=O)C(C)N1CNC(=O)c2[nH]c(-c3ccc(S(=O)(=O)N(C)C4CCN(Cc5ccccc5)CC4)cc3)cc21. The van der Waals surface area contributed by atoms with E-state index in [1.54, 1.807) is 38.2 Å². The number of carbonyl (C=O) groups excluding carboxylic acids is 2. The number of aromatic nitrogens is 1. The Morgan fingerprint density at radius 1 is 1.08 bits per heavy atom. The van der Waals surface area contributed by atoms with Gasteiger partial charge >= 0.3 is 0 Å². The number of nitrogens with one attached hydrogen (secondary N) is 2. The highest BCUT2D eigenvalue weighted by atomic mass is 32.2. The van der Waals surface area contributed by atoms with Gasteiger partial charge < -0.3 is 15.2 Å². The van der Waals surface area contributed by atoms with Crippen molar-refractivity contribution in [1.29, 1.82) is 0 Å². The Morgan fingerprint density at radius 2 is 1.74 bits per heavy atom. The van der Waals surface area contributed by atoms with E-state index < -0.39 is 10.0 Å². The second-order valence-electron chi connectivity index (χ2n) is 10.4. The number of carbonyl (C=O) groups is 2. The molecular formula is C29H35N5O4S. The Bertz CT molecular complexity index is 1440. The van der Waals surface area contributed by atoms with Gasteiger partial charge in [0.25, 0.3) is 5.91 Å². The molecule has 1 atom stereocenters. The molecule has 2 aromatic carbocycles. The van der Waals surface area contributed by atoms with Crippen molar-refractivity contribution >= 4 is 27.4 Å². The number of anilines is 1. The fourth-order valence-corrected chi connectivity index (χ4v) is 6.76. The van der Waals surface area contributed by atoms with E-state index in [1.165, 1.54) is 16.8 Å². The molecule has 3 heterocycles. The molecule has 10 heteroatoms. The second kappa shape index (κ2) is 11.0. The van der Waals surface area contributed by atoms with Crippen molar-refractivity contribution in [2.45, 2.75) is 50.2 Å². The molecule has 0 radical (unpaired) electrons. The van der Waals surface area contributed by atoms with Crippen molar-refractivity contribution in [1.82, 2.24) is 19.5 Å². The molecule has 5 rings (SSSR count). The molecule has 1 saturated heterocycles. The molecule has 2 aliphatic heterocycles. The van der Waals surface area contributed by atoms with Gasteiger partial charge in [-0.2, -0.15) is 4.31 Å². The van der Waals surface area contributed by atoms with Gasteiger partial charge in [0.05, 0.1) is 23.3 Å². The third kappa shape index (κ3) is 5.50. The number of rotatable bonds is 8. The average Bonchev–Trinajstić information content (AvgIpc) is 3.40. The molecule has 2 N–H and O–H groups in total. The first kappa shape index (κ1) is 27.1. The minimum Gasteiger partial charge on any atom is -0.349 e. The molecule has 0 saturated carbocycles. The summed E-state index contributed by atoms with van der Waals surface area (Å²) in [5.41, 5.74) is 3.75. The zero-order chi connectivity index (χ0) is 27.7. The van der Waals surface area contributed by atoms with Crippen LogP contribution in [0.3, 0.4) is 0 Å². The van der Waals surface area contributed by atoms with Gasteiger partial charge in [-0.05, 0) is 56.0 Å². The molecule has 3 aromatic rings. The Morgan fingerprint density at radius 3 is 2.38 bits per heavy atom. The molecule has 1 fully saturated rings. The van der Waals surface area contributed by atoms with Crippen molar-refractivity contribution in [2.24, 2.45) is 0 Å². The molecule has 1 aromatic heterocycles. The highest BCUT2D eigenvalue weighted by Crippen LogP contribution is 2.32. The summed E-state index contributed by atoms with van der Waals surface area (Å²) in [6, 6.07) is 18.4. The maximum Gasteiger partial charge on any atom is 0.271 e.